The fourth-order valence-corrected chi connectivity index (χ4v) is 1.40. The largest absolute Gasteiger partial charge is 0.491 e. The van der Waals surface area contributed by atoms with E-state index < -0.39 is 11.9 Å². The van der Waals surface area contributed by atoms with Gasteiger partial charge in [0.2, 0.25) is 5.91 Å². The van der Waals surface area contributed by atoms with Crippen LogP contribution in [0.2, 0.25) is 0 Å². The second-order valence-corrected chi connectivity index (χ2v) is 3.56. The SMILES string of the molecule is CCOc1ccc(NC(C)C(=O)NC)cc1F. The van der Waals surface area contributed by atoms with E-state index in [0.29, 0.717) is 12.3 Å². The Hall–Kier alpha value is -1.78. The number of ether oxygens (including phenoxy) is 1. The van der Waals surface area contributed by atoms with Crippen molar-refractivity contribution in [3.8, 4) is 5.75 Å². The zero-order valence-corrected chi connectivity index (χ0v) is 10.2. The van der Waals surface area contributed by atoms with Crippen LogP contribution >= 0.6 is 0 Å². The van der Waals surface area contributed by atoms with Gasteiger partial charge >= 0.3 is 0 Å². The molecule has 94 valence electrons. The van der Waals surface area contributed by atoms with E-state index in [-0.39, 0.29) is 11.7 Å². The average Bonchev–Trinajstić information content (AvgIpc) is 2.31. The number of benzene rings is 1. The fraction of sp³-hybridized carbons (Fsp3) is 0.417. The fourth-order valence-electron chi connectivity index (χ4n) is 1.40. The maximum absolute atomic E-state index is 13.5. The topological polar surface area (TPSA) is 50.4 Å². The number of nitrogens with one attached hydrogen (secondary N) is 2. The Balaban J connectivity index is 2.73. The first-order valence-corrected chi connectivity index (χ1v) is 5.49. The van der Waals surface area contributed by atoms with Crippen LogP contribution in [0.4, 0.5) is 10.1 Å². The van der Waals surface area contributed by atoms with Gasteiger partial charge in [-0.1, -0.05) is 0 Å². The first kappa shape index (κ1) is 13.3. The van der Waals surface area contributed by atoms with Gasteiger partial charge in [-0.3, -0.25) is 4.79 Å². The van der Waals surface area contributed by atoms with Crippen LogP contribution in [0.3, 0.4) is 0 Å². The molecule has 1 rings (SSSR count). The normalized spacial score (nSPS) is 11.8. The molecule has 0 aliphatic heterocycles. The molecule has 0 aliphatic rings. The van der Waals surface area contributed by atoms with E-state index in [0.717, 1.165) is 0 Å². The molecule has 4 nitrogen and oxygen atoms in total. The Kier molecular flexibility index (Phi) is 4.75. The lowest BCUT2D eigenvalue weighted by atomic mass is 10.2. The van der Waals surface area contributed by atoms with Gasteiger partial charge in [0.1, 0.15) is 6.04 Å². The van der Waals surface area contributed by atoms with E-state index in [4.69, 9.17) is 4.74 Å². The van der Waals surface area contributed by atoms with Crippen molar-refractivity contribution in [2.45, 2.75) is 19.9 Å². The molecule has 1 unspecified atom stereocenters. The highest BCUT2D eigenvalue weighted by Crippen LogP contribution is 2.21. The Bertz CT molecular complexity index is 396. The second kappa shape index (κ2) is 6.08. The predicted molar refractivity (Wildman–Crippen MR) is 64.7 cm³/mol. The van der Waals surface area contributed by atoms with Crippen LogP contribution in [0, 0.1) is 5.82 Å². The molecule has 5 heteroatoms. The molecule has 0 aliphatic carbocycles. The van der Waals surface area contributed by atoms with Crippen LogP contribution in [0.25, 0.3) is 0 Å². The standard InChI is InChI=1S/C12H17FN2O2/c1-4-17-11-6-5-9(7-10(11)13)15-8(2)12(16)14-3/h5-8,15H,4H2,1-3H3,(H,14,16). The van der Waals surface area contributed by atoms with Gasteiger partial charge in [0.15, 0.2) is 11.6 Å². The summed E-state index contributed by atoms with van der Waals surface area (Å²) in [4.78, 5) is 11.3. The molecule has 0 aromatic heterocycles. The third-order valence-electron chi connectivity index (χ3n) is 2.25. The zero-order chi connectivity index (χ0) is 12.8. The van der Waals surface area contributed by atoms with Crippen LogP contribution in [0.1, 0.15) is 13.8 Å². The lowest BCUT2D eigenvalue weighted by Gasteiger charge is -2.14. The van der Waals surface area contributed by atoms with Crippen LogP contribution < -0.4 is 15.4 Å². The summed E-state index contributed by atoms with van der Waals surface area (Å²) in [5, 5.41) is 5.41. The molecule has 1 atom stereocenters. The Morgan fingerprint density at radius 1 is 1.53 bits per heavy atom. The predicted octanol–water partition coefficient (Wildman–Crippen LogP) is 1.77. The number of hydrogen-bond acceptors (Lipinski definition) is 3. The molecule has 0 radical (unpaired) electrons. The van der Waals surface area contributed by atoms with Crippen molar-refractivity contribution < 1.29 is 13.9 Å². The minimum atomic E-state index is -0.444. The summed E-state index contributed by atoms with van der Waals surface area (Å²) in [5.41, 5.74) is 0.544. The molecular formula is C12H17FN2O2. The number of carbonyl (C=O) groups excluding carboxylic acids is 1. The van der Waals surface area contributed by atoms with Crippen molar-refractivity contribution in [2.75, 3.05) is 19.0 Å². The van der Waals surface area contributed by atoms with Crippen molar-refractivity contribution in [1.29, 1.82) is 0 Å². The van der Waals surface area contributed by atoms with Crippen molar-refractivity contribution in [2.24, 2.45) is 0 Å². The van der Waals surface area contributed by atoms with Gasteiger partial charge in [0.25, 0.3) is 0 Å². The molecule has 0 heterocycles. The molecule has 0 saturated heterocycles. The molecule has 1 aromatic carbocycles. The molecule has 17 heavy (non-hydrogen) atoms. The monoisotopic (exact) mass is 240 g/mol. The van der Waals surface area contributed by atoms with Crippen LogP contribution in [0.15, 0.2) is 18.2 Å². The third-order valence-corrected chi connectivity index (χ3v) is 2.25. The van der Waals surface area contributed by atoms with Gasteiger partial charge in [-0.05, 0) is 26.0 Å². The van der Waals surface area contributed by atoms with Gasteiger partial charge in [0, 0.05) is 18.8 Å². The molecule has 0 saturated carbocycles. The number of amides is 1. The molecule has 1 amide bonds. The number of hydrogen-bond donors (Lipinski definition) is 2. The Morgan fingerprint density at radius 2 is 2.24 bits per heavy atom. The van der Waals surface area contributed by atoms with Gasteiger partial charge in [-0.2, -0.15) is 0 Å². The molecule has 0 spiro atoms. The summed E-state index contributed by atoms with van der Waals surface area (Å²) in [6.45, 7) is 3.91. The van der Waals surface area contributed by atoms with Gasteiger partial charge < -0.3 is 15.4 Å². The van der Waals surface area contributed by atoms with E-state index in [1.165, 1.54) is 12.1 Å². The Morgan fingerprint density at radius 3 is 2.76 bits per heavy atom. The van der Waals surface area contributed by atoms with Crippen molar-refractivity contribution in [3.05, 3.63) is 24.0 Å². The Labute approximate surface area is 100 Å². The first-order chi connectivity index (χ1) is 8.08. The lowest BCUT2D eigenvalue weighted by molar-refractivity contribution is -0.121. The molecule has 0 bridgehead atoms. The summed E-state index contributed by atoms with van der Waals surface area (Å²) in [6.07, 6.45) is 0. The first-order valence-electron chi connectivity index (χ1n) is 5.49. The maximum atomic E-state index is 13.5. The lowest BCUT2D eigenvalue weighted by Crippen LogP contribution is -2.35. The van der Waals surface area contributed by atoms with Crippen molar-refractivity contribution in [1.82, 2.24) is 5.32 Å². The highest BCUT2D eigenvalue weighted by atomic mass is 19.1. The van der Waals surface area contributed by atoms with E-state index in [1.54, 1.807) is 27.0 Å². The summed E-state index contributed by atoms with van der Waals surface area (Å²) in [6, 6.07) is 4.10. The van der Waals surface area contributed by atoms with Gasteiger partial charge in [-0.15, -0.1) is 0 Å². The van der Waals surface area contributed by atoms with Crippen LogP contribution in [-0.4, -0.2) is 25.6 Å². The van der Waals surface area contributed by atoms with Crippen molar-refractivity contribution in [3.63, 3.8) is 0 Å². The summed E-state index contributed by atoms with van der Waals surface area (Å²) in [7, 11) is 1.55. The van der Waals surface area contributed by atoms with E-state index in [9.17, 15) is 9.18 Å². The van der Waals surface area contributed by atoms with Crippen molar-refractivity contribution >= 4 is 11.6 Å². The van der Waals surface area contributed by atoms with E-state index >= 15 is 0 Å². The van der Waals surface area contributed by atoms with E-state index in [2.05, 4.69) is 10.6 Å². The quantitative estimate of drug-likeness (QED) is 0.824. The highest BCUT2D eigenvalue weighted by Gasteiger charge is 2.11. The van der Waals surface area contributed by atoms with Gasteiger partial charge in [0.05, 0.1) is 6.61 Å². The summed E-state index contributed by atoms with van der Waals surface area (Å²) in [5.74, 6) is -0.383. The number of likely N-dealkylation sites (N-methyl/N-ethyl adjacent to an activating group) is 1. The minimum absolute atomic E-state index is 0.153. The molecule has 0 fully saturated rings. The number of anilines is 1. The number of rotatable bonds is 5. The zero-order valence-electron chi connectivity index (χ0n) is 10.2. The third kappa shape index (κ3) is 3.62. The summed E-state index contributed by atoms with van der Waals surface area (Å²) < 4.78 is 18.6. The molecule has 1 aromatic rings. The summed E-state index contributed by atoms with van der Waals surface area (Å²) >= 11 is 0. The average molecular weight is 240 g/mol. The smallest absolute Gasteiger partial charge is 0.241 e. The van der Waals surface area contributed by atoms with Crippen LogP contribution in [-0.2, 0) is 4.79 Å². The number of carbonyl (C=O) groups is 1. The molecule has 2 N–H and O–H groups in total. The highest BCUT2D eigenvalue weighted by molar-refractivity contribution is 5.83. The second-order valence-electron chi connectivity index (χ2n) is 3.56. The molecular weight excluding hydrogens is 223 g/mol. The number of halogens is 1. The van der Waals surface area contributed by atoms with Crippen LogP contribution in [0.5, 0.6) is 5.75 Å². The van der Waals surface area contributed by atoms with Gasteiger partial charge in [-0.25, -0.2) is 4.39 Å². The van der Waals surface area contributed by atoms with E-state index in [1.807, 2.05) is 0 Å². The minimum Gasteiger partial charge on any atom is -0.491 e. The maximum Gasteiger partial charge on any atom is 0.241 e.